The van der Waals surface area contributed by atoms with E-state index >= 15 is 0 Å². The highest BCUT2D eigenvalue weighted by molar-refractivity contribution is 9.10. The minimum absolute atomic E-state index is 0.122. The number of morpholine rings is 1. The van der Waals surface area contributed by atoms with E-state index in [1.165, 1.54) is 6.07 Å². The number of carbonyl (C=O) groups is 1. The van der Waals surface area contributed by atoms with Crippen LogP contribution in [0.25, 0.3) is 0 Å². The molecule has 0 unspecified atom stereocenters. The molecule has 0 aliphatic carbocycles. The molecule has 0 atom stereocenters. The summed E-state index contributed by atoms with van der Waals surface area (Å²) in [4.78, 5) is 14.6. The predicted octanol–water partition coefficient (Wildman–Crippen LogP) is 3.03. The summed E-state index contributed by atoms with van der Waals surface area (Å²) >= 11 is 3.30. The molecule has 1 aliphatic rings. The molecule has 0 bridgehead atoms. The van der Waals surface area contributed by atoms with Crippen molar-refractivity contribution in [1.82, 2.24) is 4.90 Å². The summed E-state index contributed by atoms with van der Waals surface area (Å²) < 4.78 is 33.9. The average molecular weight is 439 g/mol. The summed E-state index contributed by atoms with van der Waals surface area (Å²) in [6.45, 7) is 3.82. The number of carbonyl (C=O) groups excluding carboxylic acids is 1. The third-order valence-electron chi connectivity index (χ3n) is 4.08. The van der Waals surface area contributed by atoms with Gasteiger partial charge in [0.1, 0.15) is 4.90 Å². The van der Waals surface area contributed by atoms with Crippen LogP contribution in [0.2, 0.25) is 0 Å². The second kappa shape index (κ2) is 7.77. The molecule has 0 aromatic heterocycles. The summed E-state index contributed by atoms with van der Waals surface area (Å²) in [5, 5.41) is 0. The predicted molar refractivity (Wildman–Crippen MR) is 103 cm³/mol. The van der Waals surface area contributed by atoms with E-state index in [4.69, 9.17) is 4.74 Å². The molecular formula is C18H19BrN2O4S. The monoisotopic (exact) mass is 438 g/mol. The van der Waals surface area contributed by atoms with Crippen molar-refractivity contribution >= 4 is 37.5 Å². The van der Waals surface area contributed by atoms with E-state index in [0.717, 1.165) is 5.56 Å². The van der Waals surface area contributed by atoms with Gasteiger partial charge in [-0.3, -0.25) is 9.52 Å². The lowest BCUT2D eigenvalue weighted by Gasteiger charge is -2.27. The Labute approximate surface area is 161 Å². The first-order valence-electron chi connectivity index (χ1n) is 8.13. The first-order chi connectivity index (χ1) is 12.4. The van der Waals surface area contributed by atoms with E-state index in [2.05, 4.69) is 20.7 Å². The Morgan fingerprint density at radius 3 is 2.54 bits per heavy atom. The lowest BCUT2D eigenvalue weighted by atomic mass is 10.1. The Hall–Kier alpha value is -1.90. The first kappa shape index (κ1) is 18.9. The number of halogens is 1. The summed E-state index contributed by atoms with van der Waals surface area (Å²) in [5.41, 5.74) is 1.52. The molecule has 1 saturated heterocycles. The van der Waals surface area contributed by atoms with Crippen molar-refractivity contribution in [3.63, 3.8) is 0 Å². The smallest absolute Gasteiger partial charge is 0.263 e. The van der Waals surface area contributed by atoms with Gasteiger partial charge in [0.05, 0.1) is 24.5 Å². The molecule has 0 saturated carbocycles. The standard InChI is InChI=1S/C18H19BrN2O4S/c1-13-6-7-17(15(19)12-13)26(23,24)20-16-5-3-2-4-14(16)18(22)21-8-10-25-11-9-21/h2-7,12,20H,8-11H2,1H3. The van der Waals surface area contributed by atoms with Crippen molar-refractivity contribution in [2.45, 2.75) is 11.8 Å². The molecule has 1 amide bonds. The zero-order valence-corrected chi connectivity index (χ0v) is 16.6. The maximum atomic E-state index is 12.8. The summed E-state index contributed by atoms with van der Waals surface area (Å²) in [7, 11) is -3.84. The van der Waals surface area contributed by atoms with E-state index in [1.807, 2.05) is 6.92 Å². The minimum atomic E-state index is -3.84. The fraction of sp³-hybridized carbons (Fsp3) is 0.278. The molecule has 8 heteroatoms. The number of para-hydroxylation sites is 1. The second-order valence-corrected chi connectivity index (χ2v) is 8.49. The van der Waals surface area contributed by atoms with E-state index in [-0.39, 0.29) is 16.5 Å². The Bertz CT molecular complexity index is 925. The number of aryl methyl sites for hydroxylation is 1. The summed E-state index contributed by atoms with van der Waals surface area (Å²) in [5.74, 6) is -0.213. The van der Waals surface area contributed by atoms with Gasteiger partial charge in [0.2, 0.25) is 0 Å². The number of benzene rings is 2. The average Bonchev–Trinajstić information content (AvgIpc) is 2.61. The zero-order chi connectivity index (χ0) is 18.7. The Morgan fingerprint density at radius 2 is 1.85 bits per heavy atom. The van der Waals surface area contributed by atoms with Crippen LogP contribution in [0.5, 0.6) is 0 Å². The van der Waals surface area contributed by atoms with Crippen LogP contribution >= 0.6 is 15.9 Å². The van der Waals surface area contributed by atoms with Crippen LogP contribution in [0.1, 0.15) is 15.9 Å². The number of sulfonamides is 1. The molecule has 2 aromatic rings. The Morgan fingerprint density at radius 1 is 1.15 bits per heavy atom. The summed E-state index contributed by atoms with van der Waals surface area (Å²) in [6.07, 6.45) is 0. The van der Waals surface area contributed by atoms with Crippen LogP contribution in [0.4, 0.5) is 5.69 Å². The Balaban J connectivity index is 1.91. The van der Waals surface area contributed by atoms with Gasteiger partial charge in [-0.25, -0.2) is 8.42 Å². The van der Waals surface area contributed by atoms with E-state index in [0.29, 0.717) is 36.3 Å². The van der Waals surface area contributed by atoms with Gasteiger partial charge in [-0.15, -0.1) is 0 Å². The quantitative estimate of drug-likeness (QED) is 0.795. The Kier molecular flexibility index (Phi) is 5.64. The van der Waals surface area contributed by atoms with Crippen molar-refractivity contribution in [3.05, 3.63) is 58.1 Å². The summed E-state index contributed by atoms with van der Waals surface area (Å²) in [6, 6.07) is 11.6. The van der Waals surface area contributed by atoms with E-state index in [9.17, 15) is 13.2 Å². The van der Waals surface area contributed by atoms with Gasteiger partial charge in [0.25, 0.3) is 15.9 Å². The number of ether oxygens (including phenoxy) is 1. The van der Waals surface area contributed by atoms with Crippen LogP contribution in [0, 0.1) is 6.92 Å². The number of hydrogen-bond donors (Lipinski definition) is 1. The molecule has 1 N–H and O–H groups in total. The molecule has 1 fully saturated rings. The zero-order valence-electron chi connectivity index (χ0n) is 14.2. The number of amides is 1. The molecular weight excluding hydrogens is 420 g/mol. The minimum Gasteiger partial charge on any atom is -0.378 e. The van der Waals surface area contributed by atoms with Gasteiger partial charge < -0.3 is 9.64 Å². The lowest BCUT2D eigenvalue weighted by molar-refractivity contribution is 0.0303. The number of hydrogen-bond acceptors (Lipinski definition) is 4. The molecule has 0 radical (unpaired) electrons. The van der Waals surface area contributed by atoms with Gasteiger partial charge >= 0.3 is 0 Å². The molecule has 0 spiro atoms. The van der Waals surface area contributed by atoms with Crippen molar-refractivity contribution in [2.24, 2.45) is 0 Å². The molecule has 138 valence electrons. The van der Waals surface area contributed by atoms with Gasteiger partial charge in [-0.2, -0.15) is 0 Å². The van der Waals surface area contributed by atoms with Crippen LogP contribution in [-0.4, -0.2) is 45.5 Å². The molecule has 1 aliphatic heterocycles. The number of nitrogens with one attached hydrogen (secondary N) is 1. The maximum absolute atomic E-state index is 12.8. The van der Waals surface area contributed by atoms with Gasteiger partial charge in [0, 0.05) is 17.6 Å². The fourth-order valence-corrected chi connectivity index (χ4v) is 4.99. The second-order valence-electron chi connectivity index (χ2n) is 5.99. The van der Waals surface area contributed by atoms with Crippen LogP contribution in [-0.2, 0) is 14.8 Å². The molecule has 3 rings (SSSR count). The largest absolute Gasteiger partial charge is 0.378 e. The third-order valence-corrected chi connectivity index (χ3v) is 6.42. The van der Waals surface area contributed by atoms with Gasteiger partial charge in [-0.05, 0) is 52.7 Å². The molecule has 6 nitrogen and oxygen atoms in total. The first-order valence-corrected chi connectivity index (χ1v) is 10.4. The maximum Gasteiger partial charge on any atom is 0.263 e. The number of nitrogens with zero attached hydrogens (tertiary/aromatic N) is 1. The van der Waals surface area contributed by atoms with Crippen molar-refractivity contribution in [3.8, 4) is 0 Å². The van der Waals surface area contributed by atoms with E-state index in [1.54, 1.807) is 41.3 Å². The fourth-order valence-electron chi connectivity index (χ4n) is 2.72. The SMILES string of the molecule is Cc1ccc(S(=O)(=O)Nc2ccccc2C(=O)N2CCOCC2)c(Br)c1. The highest BCUT2D eigenvalue weighted by Crippen LogP contribution is 2.27. The normalized spacial score (nSPS) is 14.9. The van der Waals surface area contributed by atoms with Crippen molar-refractivity contribution in [1.29, 1.82) is 0 Å². The van der Waals surface area contributed by atoms with E-state index < -0.39 is 10.0 Å². The lowest BCUT2D eigenvalue weighted by Crippen LogP contribution is -2.41. The number of rotatable bonds is 4. The van der Waals surface area contributed by atoms with Crippen LogP contribution < -0.4 is 4.72 Å². The topological polar surface area (TPSA) is 75.7 Å². The van der Waals surface area contributed by atoms with Crippen molar-refractivity contribution in [2.75, 3.05) is 31.0 Å². The molecule has 1 heterocycles. The third kappa shape index (κ3) is 4.08. The molecule has 26 heavy (non-hydrogen) atoms. The van der Waals surface area contributed by atoms with Crippen LogP contribution in [0.15, 0.2) is 51.8 Å². The molecule has 2 aromatic carbocycles. The van der Waals surface area contributed by atoms with Gasteiger partial charge in [-0.1, -0.05) is 18.2 Å². The highest BCUT2D eigenvalue weighted by atomic mass is 79.9. The van der Waals surface area contributed by atoms with Crippen molar-refractivity contribution < 1.29 is 17.9 Å². The van der Waals surface area contributed by atoms with Crippen LogP contribution in [0.3, 0.4) is 0 Å². The van der Waals surface area contributed by atoms with Gasteiger partial charge in [0.15, 0.2) is 0 Å². The number of anilines is 1. The highest BCUT2D eigenvalue weighted by Gasteiger charge is 2.24.